The number of morpholine rings is 1. The average molecular weight is 480 g/mol. The predicted octanol–water partition coefficient (Wildman–Crippen LogP) is 3.40. The number of benzene rings is 1. The molecule has 186 valence electrons. The average Bonchev–Trinajstić information content (AvgIpc) is 3.16. The fourth-order valence-electron chi connectivity index (χ4n) is 4.48. The van der Waals surface area contributed by atoms with Crippen LogP contribution in [0.1, 0.15) is 43.4 Å². The minimum Gasteiger partial charge on any atom is -0.507 e. The Kier molecular flexibility index (Phi) is 8.50. The summed E-state index contributed by atoms with van der Waals surface area (Å²) < 4.78 is 11.2. The summed E-state index contributed by atoms with van der Waals surface area (Å²) in [6.07, 6.45) is 6.33. The summed E-state index contributed by atoms with van der Waals surface area (Å²) in [5.41, 5.74) is 1.30. The Morgan fingerprint density at radius 2 is 1.77 bits per heavy atom. The number of aliphatic hydroxyl groups is 1. The van der Waals surface area contributed by atoms with Gasteiger partial charge in [-0.2, -0.15) is 0 Å². The summed E-state index contributed by atoms with van der Waals surface area (Å²) in [6.45, 7) is 6.68. The highest BCUT2D eigenvalue weighted by Crippen LogP contribution is 2.39. The number of hydrogen-bond acceptors (Lipinski definition) is 7. The largest absolute Gasteiger partial charge is 0.507 e. The van der Waals surface area contributed by atoms with Gasteiger partial charge in [0.1, 0.15) is 11.5 Å². The number of likely N-dealkylation sites (tertiary alicyclic amines) is 1. The fraction of sp³-hybridized carbons (Fsp3) is 0.444. The number of carbonyl (C=O) groups is 2. The van der Waals surface area contributed by atoms with Gasteiger partial charge in [0.15, 0.2) is 0 Å². The lowest BCUT2D eigenvalue weighted by Crippen LogP contribution is -2.42. The second kappa shape index (κ2) is 12.0. The van der Waals surface area contributed by atoms with Gasteiger partial charge < -0.3 is 19.5 Å². The molecule has 2 saturated heterocycles. The molecule has 1 unspecified atom stereocenters. The molecule has 8 nitrogen and oxygen atoms in total. The molecule has 2 aliphatic rings. The van der Waals surface area contributed by atoms with Gasteiger partial charge in [-0.05, 0) is 36.2 Å². The monoisotopic (exact) mass is 479 g/mol. The molecule has 4 rings (SSSR count). The zero-order chi connectivity index (χ0) is 24.6. The number of aromatic nitrogens is 1. The summed E-state index contributed by atoms with van der Waals surface area (Å²) >= 11 is 0. The van der Waals surface area contributed by atoms with Crippen molar-refractivity contribution in [3.05, 3.63) is 65.5 Å². The molecule has 0 saturated carbocycles. The Morgan fingerprint density at radius 1 is 1.06 bits per heavy atom. The molecule has 0 radical (unpaired) electrons. The SMILES string of the molecule is CCCCCOc1ccc(C2/C(=C(\O)c3ccncc3)C(=O)C(=O)N2CCN2CCOCC2)cc1. The molecule has 0 aliphatic carbocycles. The summed E-state index contributed by atoms with van der Waals surface area (Å²) in [5.74, 6) is -0.723. The van der Waals surface area contributed by atoms with Gasteiger partial charge in [-0.1, -0.05) is 31.9 Å². The second-order valence-electron chi connectivity index (χ2n) is 8.81. The lowest BCUT2D eigenvalue weighted by molar-refractivity contribution is -0.140. The molecule has 0 spiro atoms. The van der Waals surface area contributed by atoms with Crippen LogP contribution in [0.3, 0.4) is 0 Å². The summed E-state index contributed by atoms with van der Waals surface area (Å²) in [4.78, 5) is 34.1. The van der Waals surface area contributed by atoms with E-state index < -0.39 is 17.7 Å². The van der Waals surface area contributed by atoms with E-state index in [0.29, 0.717) is 38.5 Å². The number of ketones is 1. The molecule has 3 heterocycles. The van der Waals surface area contributed by atoms with E-state index in [1.165, 1.54) is 0 Å². The number of aliphatic hydroxyl groups excluding tert-OH is 1. The third-order valence-corrected chi connectivity index (χ3v) is 6.47. The van der Waals surface area contributed by atoms with E-state index >= 15 is 0 Å². The molecule has 1 N–H and O–H groups in total. The molecule has 1 amide bonds. The number of pyridine rings is 1. The molecular weight excluding hydrogens is 446 g/mol. The molecule has 1 aromatic carbocycles. The van der Waals surface area contributed by atoms with Crippen LogP contribution in [0.25, 0.3) is 5.76 Å². The first kappa shape index (κ1) is 24.9. The van der Waals surface area contributed by atoms with E-state index in [2.05, 4.69) is 16.8 Å². The second-order valence-corrected chi connectivity index (χ2v) is 8.81. The van der Waals surface area contributed by atoms with Crippen molar-refractivity contribution >= 4 is 17.4 Å². The van der Waals surface area contributed by atoms with Gasteiger partial charge in [-0.15, -0.1) is 0 Å². The van der Waals surface area contributed by atoms with E-state index in [0.717, 1.165) is 43.7 Å². The number of rotatable bonds is 10. The van der Waals surface area contributed by atoms with Gasteiger partial charge in [0.05, 0.1) is 31.4 Å². The number of nitrogens with zero attached hydrogens (tertiary/aromatic N) is 3. The molecule has 8 heteroatoms. The summed E-state index contributed by atoms with van der Waals surface area (Å²) in [6, 6.07) is 10.0. The van der Waals surface area contributed by atoms with Crippen LogP contribution in [0.4, 0.5) is 0 Å². The third-order valence-electron chi connectivity index (χ3n) is 6.47. The van der Waals surface area contributed by atoms with Crippen LogP contribution in [0.15, 0.2) is 54.4 Å². The van der Waals surface area contributed by atoms with Gasteiger partial charge in [0.25, 0.3) is 11.7 Å². The zero-order valence-corrected chi connectivity index (χ0v) is 20.2. The van der Waals surface area contributed by atoms with E-state index in [4.69, 9.17) is 9.47 Å². The highest BCUT2D eigenvalue weighted by atomic mass is 16.5. The zero-order valence-electron chi connectivity index (χ0n) is 20.2. The van der Waals surface area contributed by atoms with E-state index in [1.54, 1.807) is 29.4 Å². The molecule has 2 fully saturated rings. The number of unbranched alkanes of at least 4 members (excludes halogenated alkanes) is 2. The van der Waals surface area contributed by atoms with Gasteiger partial charge in [-0.3, -0.25) is 19.5 Å². The van der Waals surface area contributed by atoms with E-state index in [1.807, 2.05) is 24.3 Å². The molecule has 2 aromatic rings. The number of carbonyl (C=O) groups excluding carboxylic acids is 2. The van der Waals surface area contributed by atoms with Gasteiger partial charge in [-0.25, -0.2) is 0 Å². The van der Waals surface area contributed by atoms with Crippen LogP contribution in [0.5, 0.6) is 5.75 Å². The van der Waals surface area contributed by atoms with Crippen LogP contribution in [-0.2, 0) is 14.3 Å². The van der Waals surface area contributed by atoms with Gasteiger partial charge in [0, 0.05) is 44.1 Å². The first-order valence-electron chi connectivity index (χ1n) is 12.3. The van der Waals surface area contributed by atoms with Crippen molar-refractivity contribution < 1.29 is 24.2 Å². The maximum atomic E-state index is 13.2. The quantitative estimate of drug-likeness (QED) is 0.242. The molecule has 0 bridgehead atoms. The lowest BCUT2D eigenvalue weighted by atomic mass is 9.95. The van der Waals surface area contributed by atoms with Crippen molar-refractivity contribution in [1.29, 1.82) is 0 Å². The summed E-state index contributed by atoms with van der Waals surface area (Å²) in [5, 5.41) is 11.1. The molecular formula is C27H33N3O5. The van der Waals surface area contributed by atoms with Crippen molar-refractivity contribution in [2.75, 3.05) is 46.0 Å². The first-order valence-corrected chi connectivity index (χ1v) is 12.3. The van der Waals surface area contributed by atoms with E-state index in [-0.39, 0.29) is 11.3 Å². The molecule has 1 atom stereocenters. The number of hydrogen-bond donors (Lipinski definition) is 1. The Morgan fingerprint density at radius 3 is 2.46 bits per heavy atom. The van der Waals surface area contributed by atoms with Crippen molar-refractivity contribution in [1.82, 2.24) is 14.8 Å². The minimum absolute atomic E-state index is 0.0970. The number of ether oxygens (including phenoxy) is 2. The minimum atomic E-state index is -0.682. The Balaban J connectivity index is 1.63. The third kappa shape index (κ3) is 5.89. The van der Waals surface area contributed by atoms with Crippen LogP contribution in [0.2, 0.25) is 0 Å². The van der Waals surface area contributed by atoms with Gasteiger partial charge >= 0.3 is 0 Å². The Bertz CT molecular complexity index is 1030. The Labute approximate surface area is 206 Å². The van der Waals surface area contributed by atoms with Crippen LogP contribution < -0.4 is 4.74 Å². The van der Waals surface area contributed by atoms with Crippen molar-refractivity contribution in [2.45, 2.75) is 32.2 Å². The van der Waals surface area contributed by atoms with Gasteiger partial charge in [0.2, 0.25) is 0 Å². The van der Waals surface area contributed by atoms with Crippen LogP contribution in [0, 0.1) is 0 Å². The number of amides is 1. The van der Waals surface area contributed by atoms with Crippen LogP contribution >= 0.6 is 0 Å². The van der Waals surface area contributed by atoms with Crippen molar-refractivity contribution in [3.63, 3.8) is 0 Å². The smallest absolute Gasteiger partial charge is 0.295 e. The van der Waals surface area contributed by atoms with Crippen molar-refractivity contribution in [3.8, 4) is 5.75 Å². The lowest BCUT2D eigenvalue weighted by Gasteiger charge is -2.31. The normalized spacial score (nSPS) is 20.4. The maximum Gasteiger partial charge on any atom is 0.295 e. The predicted molar refractivity (Wildman–Crippen MR) is 132 cm³/mol. The van der Waals surface area contributed by atoms with Crippen LogP contribution in [-0.4, -0.2) is 77.6 Å². The standard InChI is InChI=1S/C27H33N3O5/c1-2-3-4-17-35-22-7-5-20(6-8-22)24-23(25(31)21-9-11-28-12-10-21)26(32)27(33)30(24)14-13-29-15-18-34-19-16-29/h5-12,24,31H,2-4,13-19H2,1H3/b25-23+. The fourth-order valence-corrected chi connectivity index (χ4v) is 4.48. The maximum absolute atomic E-state index is 13.2. The highest BCUT2D eigenvalue weighted by molar-refractivity contribution is 6.46. The first-order chi connectivity index (χ1) is 17.1. The highest BCUT2D eigenvalue weighted by Gasteiger charge is 2.46. The van der Waals surface area contributed by atoms with Crippen molar-refractivity contribution in [2.24, 2.45) is 0 Å². The Hall–Kier alpha value is -3.23. The molecule has 2 aliphatic heterocycles. The summed E-state index contributed by atoms with van der Waals surface area (Å²) in [7, 11) is 0. The topological polar surface area (TPSA) is 92.2 Å². The number of Topliss-reactive ketones (excluding diaryl/α,β-unsaturated/α-hetero) is 1. The molecule has 35 heavy (non-hydrogen) atoms. The molecule has 1 aromatic heterocycles. The van der Waals surface area contributed by atoms with E-state index in [9.17, 15) is 14.7 Å².